The number of carboxylic acids is 1. The highest BCUT2D eigenvalue weighted by atomic mass is 31.1. The third-order valence-electron chi connectivity index (χ3n) is 1.90. The van der Waals surface area contributed by atoms with Gasteiger partial charge in [0.05, 0.1) is 0 Å². The Labute approximate surface area is 70.8 Å². The molecule has 5 N–H and O–H groups in total. The molecule has 1 heterocycles. The van der Waals surface area contributed by atoms with E-state index in [1.165, 1.54) is 0 Å². The second-order valence-electron chi connectivity index (χ2n) is 2.70. The molecule has 1 rings (SSSR count). The molecule has 0 aromatic rings. The molecule has 12 heavy (non-hydrogen) atoms. The molecule has 1 aliphatic rings. The Balaban J connectivity index is 2.54. The van der Waals surface area contributed by atoms with E-state index in [1.807, 2.05) is 0 Å². The Morgan fingerprint density at radius 3 is 2.67 bits per heavy atom. The third-order valence-corrected chi connectivity index (χ3v) is 3.84. The van der Waals surface area contributed by atoms with E-state index in [9.17, 15) is 9.69 Å². The second kappa shape index (κ2) is 3.11. The lowest BCUT2D eigenvalue weighted by atomic mass is 10.1. The van der Waals surface area contributed by atoms with Crippen LogP contribution in [0.2, 0.25) is 0 Å². The number of hydrogen-bond donors (Lipinski definition) is 3. The van der Waals surface area contributed by atoms with Crippen LogP contribution in [0.1, 0.15) is 12.8 Å². The SMILES string of the molecule is NCCCC1=[P+]([O-])[C@@]1(N)C(=O)O. The van der Waals surface area contributed by atoms with Gasteiger partial charge in [0.2, 0.25) is 0 Å². The average molecular weight is 190 g/mol. The number of aliphatic carboxylic acids is 1. The van der Waals surface area contributed by atoms with Crippen molar-refractivity contribution >= 4 is 19.0 Å². The number of rotatable bonds is 4. The molecule has 6 heteroatoms. The molecule has 68 valence electrons. The number of hydrogen-bond acceptors (Lipinski definition) is 4. The minimum absolute atomic E-state index is 0.440. The topological polar surface area (TPSA) is 112 Å². The first-order valence-corrected chi connectivity index (χ1v) is 4.87. The molecule has 2 atom stereocenters. The molecule has 0 bridgehead atoms. The molecule has 0 saturated carbocycles. The predicted octanol–water partition coefficient (Wildman–Crippen LogP) is -1.59. The van der Waals surface area contributed by atoms with Crippen LogP contribution in [0.15, 0.2) is 0 Å². The fourth-order valence-electron chi connectivity index (χ4n) is 1.06. The largest absolute Gasteiger partial charge is 0.628 e. The third kappa shape index (κ3) is 1.25. The van der Waals surface area contributed by atoms with Gasteiger partial charge >= 0.3 is 11.2 Å². The van der Waals surface area contributed by atoms with Crippen molar-refractivity contribution in [1.82, 2.24) is 0 Å². The highest BCUT2D eigenvalue weighted by Crippen LogP contribution is 2.50. The maximum Gasteiger partial charge on any atom is 0.379 e. The van der Waals surface area contributed by atoms with Crippen molar-refractivity contribution in [2.75, 3.05) is 6.54 Å². The van der Waals surface area contributed by atoms with Gasteiger partial charge in [-0.25, -0.2) is 4.79 Å². The number of nitrogens with two attached hydrogens (primary N) is 2. The highest BCUT2D eigenvalue weighted by Gasteiger charge is 2.65. The fraction of sp³-hybridized carbons (Fsp3) is 0.667. The van der Waals surface area contributed by atoms with E-state index < -0.39 is 19.0 Å². The maximum absolute atomic E-state index is 11.1. The van der Waals surface area contributed by atoms with Crippen LogP contribution < -0.4 is 16.4 Å². The molecule has 1 unspecified atom stereocenters. The van der Waals surface area contributed by atoms with Gasteiger partial charge in [0.1, 0.15) is 7.77 Å². The molecule has 0 aliphatic carbocycles. The Morgan fingerprint density at radius 1 is 1.75 bits per heavy atom. The van der Waals surface area contributed by atoms with Crippen LogP contribution in [0.25, 0.3) is 0 Å². The van der Waals surface area contributed by atoms with Crippen molar-refractivity contribution in [2.24, 2.45) is 11.5 Å². The van der Waals surface area contributed by atoms with Crippen LogP contribution in [0, 0.1) is 0 Å². The van der Waals surface area contributed by atoms with Crippen LogP contribution in [-0.4, -0.2) is 28.2 Å². The highest BCUT2D eigenvalue weighted by molar-refractivity contribution is 7.67. The van der Waals surface area contributed by atoms with Crippen molar-refractivity contribution in [3.05, 3.63) is 0 Å². The summed E-state index contributed by atoms with van der Waals surface area (Å²) in [5, 5.41) is 7.49. The molecular formula is C6H11N2O3P. The van der Waals surface area contributed by atoms with Gasteiger partial charge < -0.3 is 15.7 Å². The lowest BCUT2D eigenvalue weighted by molar-refractivity contribution is -0.156. The van der Waals surface area contributed by atoms with Gasteiger partial charge in [0, 0.05) is 6.42 Å². The molecule has 1 aliphatic heterocycles. The normalized spacial score (nSPS) is 30.6. The van der Waals surface area contributed by atoms with Crippen molar-refractivity contribution < 1.29 is 14.8 Å². The Hall–Kier alpha value is -0.480. The molecule has 0 aromatic carbocycles. The van der Waals surface area contributed by atoms with Crippen LogP contribution in [0.4, 0.5) is 0 Å². The first-order valence-electron chi connectivity index (χ1n) is 3.61. The average Bonchev–Trinajstić information content (AvgIpc) is 2.54. The molecule has 0 aromatic heterocycles. The van der Waals surface area contributed by atoms with Crippen LogP contribution in [0.3, 0.4) is 0 Å². The van der Waals surface area contributed by atoms with Gasteiger partial charge in [0.15, 0.2) is 5.29 Å². The Kier molecular flexibility index (Phi) is 2.49. The molecule has 0 amide bonds. The Morgan fingerprint density at radius 2 is 2.33 bits per heavy atom. The lowest BCUT2D eigenvalue weighted by Crippen LogP contribution is -2.40. The number of carboxylic acid groups (broad SMARTS) is 1. The minimum Gasteiger partial charge on any atom is -0.628 e. The van der Waals surface area contributed by atoms with E-state index in [1.54, 1.807) is 0 Å². The zero-order valence-corrected chi connectivity index (χ0v) is 7.38. The summed E-state index contributed by atoms with van der Waals surface area (Å²) in [4.78, 5) is 21.6. The molecule has 0 fully saturated rings. The molecule has 5 nitrogen and oxygen atoms in total. The zero-order valence-electron chi connectivity index (χ0n) is 6.49. The number of carbonyl (C=O) groups is 1. The van der Waals surface area contributed by atoms with E-state index in [-0.39, 0.29) is 0 Å². The van der Waals surface area contributed by atoms with Crippen molar-refractivity contribution in [3.63, 3.8) is 0 Å². The monoisotopic (exact) mass is 190 g/mol. The standard InChI is InChI=1S/C6H11N2O3P/c7-3-1-2-4-6(8,5(9)10)12(4)11/h1-3,7-8H2,(H,9,10)/t6-/m1/s1. The molecule has 0 radical (unpaired) electrons. The lowest BCUT2D eigenvalue weighted by Gasteiger charge is -1.97. The molecule has 0 spiro atoms. The van der Waals surface area contributed by atoms with Gasteiger partial charge in [-0.05, 0) is 13.0 Å². The van der Waals surface area contributed by atoms with E-state index in [4.69, 9.17) is 16.6 Å². The zero-order chi connectivity index (χ0) is 9.35. The molecular weight excluding hydrogens is 179 g/mol. The first-order chi connectivity index (χ1) is 5.55. The van der Waals surface area contributed by atoms with Crippen LogP contribution in [-0.2, 0) is 4.79 Å². The summed E-state index contributed by atoms with van der Waals surface area (Å²) >= 11 is 0. The minimum atomic E-state index is -1.84. The van der Waals surface area contributed by atoms with Crippen LogP contribution >= 0.6 is 7.77 Å². The summed E-state index contributed by atoms with van der Waals surface area (Å²) in [6.45, 7) is 0.461. The van der Waals surface area contributed by atoms with E-state index in [2.05, 4.69) is 0 Å². The summed E-state index contributed by atoms with van der Waals surface area (Å²) in [5.74, 6) is -1.20. The van der Waals surface area contributed by atoms with E-state index >= 15 is 0 Å². The molecule has 0 saturated heterocycles. The van der Waals surface area contributed by atoms with Crippen molar-refractivity contribution in [2.45, 2.75) is 18.1 Å². The fourth-order valence-corrected chi connectivity index (χ4v) is 2.50. The van der Waals surface area contributed by atoms with Gasteiger partial charge in [-0.1, -0.05) is 0 Å². The van der Waals surface area contributed by atoms with Gasteiger partial charge in [-0.15, -0.1) is 0 Å². The van der Waals surface area contributed by atoms with Crippen molar-refractivity contribution in [3.8, 4) is 0 Å². The first kappa shape index (κ1) is 9.61. The maximum atomic E-state index is 11.1. The summed E-state index contributed by atoms with van der Waals surface area (Å²) < 4.78 is 0. The quantitative estimate of drug-likeness (QED) is 0.462. The van der Waals surface area contributed by atoms with Crippen molar-refractivity contribution in [1.29, 1.82) is 0 Å². The predicted molar refractivity (Wildman–Crippen MR) is 44.8 cm³/mol. The van der Waals surface area contributed by atoms with Crippen LogP contribution in [0.5, 0.6) is 0 Å². The van der Waals surface area contributed by atoms with Gasteiger partial charge in [-0.3, -0.25) is 5.73 Å². The smallest absolute Gasteiger partial charge is 0.379 e. The summed E-state index contributed by atoms with van der Waals surface area (Å²) in [5.41, 5.74) is 10.6. The summed E-state index contributed by atoms with van der Waals surface area (Å²) in [6.07, 6.45) is 1.11. The van der Waals surface area contributed by atoms with E-state index in [0.717, 1.165) is 0 Å². The Bertz CT molecular complexity index is 253. The summed E-state index contributed by atoms with van der Waals surface area (Å²) in [6, 6.07) is 0. The van der Waals surface area contributed by atoms with Gasteiger partial charge in [0.25, 0.3) is 0 Å². The van der Waals surface area contributed by atoms with E-state index in [0.29, 0.717) is 24.7 Å². The second-order valence-corrected chi connectivity index (χ2v) is 4.54. The van der Waals surface area contributed by atoms with Gasteiger partial charge in [-0.2, -0.15) is 0 Å². The summed E-state index contributed by atoms with van der Waals surface area (Å²) in [7, 11) is -1.84.